The minimum atomic E-state index is -1.35. The van der Waals surface area contributed by atoms with Gasteiger partial charge in [-0.1, -0.05) is 33.8 Å². The molecule has 0 aliphatic carbocycles. The summed E-state index contributed by atoms with van der Waals surface area (Å²) >= 11 is 0. The third-order valence-electron chi connectivity index (χ3n) is 5.57. The number of carbonyl (C=O) groups is 4. The summed E-state index contributed by atoms with van der Waals surface area (Å²) in [5, 5.41) is 9.59. The Labute approximate surface area is 212 Å². The Kier molecular flexibility index (Phi) is 12.9. The molecule has 0 aromatic heterocycles. The van der Waals surface area contributed by atoms with Gasteiger partial charge in [0, 0.05) is 18.8 Å². The molecule has 1 aromatic carbocycles. The fraction of sp³-hybridized carbons (Fsp3) is 0.615. The van der Waals surface area contributed by atoms with Gasteiger partial charge < -0.3 is 29.8 Å². The lowest BCUT2D eigenvalue weighted by atomic mass is 9.87. The van der Waals surface area contributed by atoms with Gasteiger partial charge in [-0.2, -0.15) is 0 Å². The van der Waals surface area contributed by atoms with Crippen molar-refractivity contribution >= 4 is 24.1 Å². The third kappa shape index (κ3) is 10.2. The van der Waals surface area contributed by atoms with Gasteiger partial charge in [0.15, 0.2) is 11.5 Å². The molecule has 0 aliphatic heterocycles. The van der Waals surface area contributed by atoms with Crippen molar-refractivity contribution in [1.29, 1.82) is 0 Å². The van der Waals surface area contributed by atoms with Crippen LogP contribution in [0.25, 0.3) is 0 Å². The van der Waals surface area contributed by atoms with Crippen LogP contribution in [0.1, 0.15) is 85.1 Å². The molecule has 0 amide bonds. The van der Waals surface area contributed by atoms with E-state index in [0.29, 0.717) is 18.4 Å². The minimum absolute atomic E-state index is 0.0169. The Morgan fingerprint density at radius 3 is 1.94 bits per heavy atom. The second kappa shape index (κ2) is 15.1. The molecule has 1 rings (SSSR count). The van der Waals surface area contributed by atoms with E-state index in [1.807, 2.05) is 27.7 Å². The number of nitrogens with two attached hydrogens (primary N) is 1. The molecule has 1 aromatic rings. The first-order valence-corrected chi connectivity index (χ1v) is 12.3. The highest BCUT2D eigenvalue weighted by atomic mass is 16.7. The Morgan fingerprint density at radius 1 is 0.889 bits per heavy atom. The fourth-order valence-corrected chi connectivity index (χ4v) is 3.22. The largest absolute Gasteiger partial charge is 0.508 e. The summed E-state index contributed by atoms with van der Waals surface area (Å²) in [5.74, 6) is -2.98. The molecule has 0 saturated heterocycles. The first kappa shape index (κ1) is 30.9. The van der Waals surface area contributed by atoms with Gasteiger partial charge >= 0.3 is 24.1 Å². The SMILES string of the molecule is CCCC(=O)Oc1ccc(C(CC(C)OC(=O)OC(C)C(C)C)[C@H](N)C(=O)O)cc1OC(=O)CCC. The highest BCUT2D eigenvalue weighted by molar-refractivity contribution is 5.77. The zero-order chi connectivity index (χ0) is 27.4. The number of carboxylic acid groups (broad SMARTS) is 1. The summed E-state index contributed by atoms with van der Waals surface area (Å²) in [6, 6.07) is 3.06. The van der Waals surface area contributed by atoms with Gasteiger partial charge in [0.1, 0.15) is 18.2 Å². The van der Waals surface area contributed by atoms with E-state index in [2.05, 4.69) is 0 Å². The molecule has 202 valence electrons. The van der Waals surface area contributed by atoms with E-state index in [0.717, 1.165) is 0 Å². The van der Waals surface area contributed by atoms with Crippen molar-refractivity contribution in [2.75, 3.05) is 0 Å². The van der Waals surface area contributed by atoms with E-state index >= 15 is 0 Å². The van der Waals surface area contributed by atoms with Crippen molar-refractivity contribution in [2.45, 2.75) is 97.8 Å². The van der Waals surface area contributed by atoms with Crippen LogP contribution in [0, 0.1) is 5.92 Å². The second-order valence-electron chi connectivity index (χ2n) is 9.11. The maximum absolute atomic E-state index is 12.2. The summed E-state index contributed by atoms with van der Waals surface area (Å²) in [6.45, 7) is 10.8. The molecule has 0 spiro atoms. The monoisotopic (exact) mass is 509 g/mol. The highest BCUT2D eigenvalue weighted by Crippen LogP contribution is 2.35. The van der Waals surface area contributed by atoms with Gasteiger partial charge in [0.2, 0.25) is 0 Å². The van der Waals surface area contributed by atoms with Gasteiger partial charge in [0.25, 0.3) is 0 Å². The molecule has 0 fully saturated rings. The topological polar surface area (TPSA) is 151 Å². The number of carbonyl (C=O) groups excluding carboxylic acids is 3. The lowest BCUT2D eigenvalue weighted by molar-refractivity contribution is -0.139. The fourth-order valence-electron chi connectivity index (χ4n) is 3.22. The molecule has 10 nitrogen and oxygen atoms in total. The Balaban J connectivity index is 3.24. The number of rotatable bonds is 14. The maximum Gasteiger partial charge on any atom is 0.508 e. The van der Waals surface area contributed by atoms with Crippen LogP contribution in [0.5, 0.6) is 11.5 Å². The molecule has 10 heteroatoms. The number of carboxylic acids is 1. The van der Waals surface area contributed by atoms with Crippen molar-refractivity contribution in [3.05, 3.63) is 23.8 Å². The van der Waals surface area contributed by atoms with Crippen LogP contribution in [0.4, 0.5) is 4.79 Å². The van der Waals surface area contributed by atoms with E-state index in [1.165, 1.54) is 12.1 Å². The zero-order valence-corrected chi connectivity index (χ0v) is 21.9. The lowest BCUT2D eigenvalue weighted by Gasteiger charge is -2.26. The summed E-state index contributed by atoms with van der Waals surface area (Å²) in [7, 11) is 0. The van der Waals surface area contributed by atoms with Crippen molar-refractivity contribution in [1.82, 2.24) is 0 Å². The van der Waals surface area contributed by atoms with E-state index in [-0.39, 0.29) is 42.8 Å². The van der Waals surface area contributed by atoms with Crippen molar-refractivity contribution in [2.24, 2.45) is 11.7 Å². The lowest BCUT2D eigenvalue weighted by Crippen LogP contribution is -2.38. The standard InChI is InChI=1S/C26H39NO9/c1-7-9-22(28)35-20-12-11-18(14-21(20)36-23(29)10-8-2)19(24(27)25(30)31)13-16(5)33-26(32)34-17(6)15(3)4/h11-12,14-17,19,24H,7-10,13,27H2,1-6H3,(H,30,31)/t16?,17?,19?,24-/m0/s1. The minimum Gasteiger partial charge on any atom is -0.480 e. The Hall–Kier alpha value is -3.14. The van der Waals surface area contributed by atoms with Gasteiger partial charge in [-0.05, 0) is 56.7 Å². The van der Waals surface area contributed by atoms with Gasteiger partial charge in [0.05, 0.1) is 0 Å². The quantitative estimate of drug-likeness (QED) is 0.269. The number of ether oxygens (including phenoxy) is 4. The molecule has 3 unspecified atom stereocenters. The molecule has 4 atom stereocenters. The van der Waals surface area contributed by atoms with Crippen LogP contribution in [0.2, 0.25) is 0 Å². The van der Waals surface area contributed by atoms with Crippen LogP contribution in [0.3, 0.4) is 0 Å². The molecular formula is C26H39NO9. The molecule has 3 N–H and O–H groups in total. The smallest absolute Gasteiger partial charge is 0.480 e. The normalized spacial score (nSPS) is 14.3. The Morgan fingerprint density at radius 2 is 1.44 bits per heavy atom. The molecule has 36 heavy (non-hydrogen) atoms. The van der Waals surface area contributed by atoms with Crippen LogP contribution in [-0.2, 0) is 23.9 Å². The first-order chi connectivity index (χ1) is 16.9. The molecule has 0 saturated carbocycles. The molecule has 0 aliphatic rings. The van der Waals surface area contributed by atoms with Crippen LogP contribution < -0.4 is 15.2 Å². The number of hydrogen-bond acceptors (Lipinski definition) is 9. The van der Waals surface area contributed by atoms with Crippen LogP contribution in [-0.4, -0.2) is 47.4 Å². The number of benzene rings is 1. The maximum atomic E-state index is 12.2. The predicted molar refractivity (Wildman–Crippen MR) is 132 cm³/mol. The summed E-state index contributed by atoms with van der Waals surface area (Å²) in [6.07, 6.45) is -0.451. The number of hydrogen-bond donors (Lipinski definition) is 2. The van der Waals surface area contributed by atoms with Gasteiger partial charge in [-0.25, -0.2) is 4.79 Å². The summed E-state index contributed by atoms with van der Waals surface area (Å²) in [5.41, 5.74) is 6.40. The number of esters is 2. The molecule has 0 bridgehead atoms. The van der Waals surface area contributed by atoms with Crippen molar-refractivity contribution in [3.8, 4) is 11.5 Å². The molecular weight excluding hydrogens is 470 g/mol. The van der Waals surface area contributed by atoms with E-state index < -0.39 is 42.1 Å². The third-order valence-corrected chi connectivity index (χ3v) is 5.57. The summed E-state index contributed by atoms with van der Waals surface area (Å²) < 4.78 is 21.3. The number of aliphatic carboxylic acids is 1. The van der Waals surface area contributed by atoms with Crippen LogP contribution in [0.15, 0.2) is 18.2 Å². The predicted octanol–water partition coefficient (Wildman–Crippen LogP) is 4.57. The van der Waals surface area contributed by atoms with Crippen LogP contribution >= 0.6 is 0 Å². The van der Waals surface area contributed by atoms with E-state index in [4.69, 9.17) is 24.7 Å². The van der Waals surface area contributed by atoms with E-state index in [1.54, 1.807) is 19.9 Å². The van der Waals surface area contributed by atoms with Gasteiger partial charge in [-0.15, -0.1) is 0 Å². The Bertz CT molecular complexity index is 899. The van der Waals surface area contributed by atoms with E-state index in [9.17, 15) is 24.3 Å². The average Bonchev–Trinajstić information content (AvgIpc) is 2.78. The second-order valence-corrected chi connectivity index (χ2v) is 9.11. The summed E-state index contributed by atoms with van der Waals surface area (Å²) in [4.78, 5) is 48.1. The average molecular weight is 510 g/mol. The molecule has 0 radical (unpaired) electrons. The highest BCUT2D eigenvalue weighted by Gasteiger charge is 2.30. The first-order valence-electron chi connectivity index (χ1n) is 12.3. The van der Waals surface area contributed by atoms with Gasteiger partial charge in [-0.3, -0.25) is 14.4 Å². The zero-order valence-electron chi connectivity index (χ0n) is 21.9. The molecule has 0 heterocycles. The van der Waals surface area contributed by atoms with Crippen molar-refractivity contribution < 1.29 is 43.2 Å². The van der Waals surface area contributed by atoms with Crippen molar-refractivity contribution in [3.63, 3.8) is 0 Å².